The van der Waals surface area contributed by atoms with Crippen molar-refractivity contribution in [1.29, 1.82) is 5.26 Å². The predicted molar refractivity (Wildman–Crippen MR) is 96.5 cm³/mol. The van der Waals surface area contributed by atoms with Crippen molar-refractivity contribution >= 4 is 5.88 Å². The van der Waals surface area contributed by atoms with Crippen LogP contribution < -0.4 is 5.32 Å². The lowest BCUT2D eigenvalue weighted by molar-refractivity contribution is 0.236. The summed E-state index contributed by atoms with van der Waals surface area (Å²) in [7, 11) is 0. The molecule has 1 saturated heterocycles. The maximum atomic E-state index is 9.34. The van der Waals surface area contributed by atoms with E-state index in [0.29, 0.717) is 29.3 Å². The van der Waals surface area contributed by atoms with E-state index in [4.69, 9.17) is 4.42 Å². The number of benzene rings is 1. The molecule has 1 saturated carbocycles. The molecule has 2 fully saturated rings. The highest BCUT2D eigenvalue weighted by Gasteiger charge is 2.43. The van der Waals surface area contributed by atoms with Gasteiger partial charge in [-0.05, 0) is 43.8 Å². The molecule has 2 atom stereocenters. The third-order valence-corrected chi connectivity index (χ3v) is 5.25. The Morgan fingerprint density at radius 1 is 1.16 bits per heavy atom. The van der Waals surface area contributed by atoms with Crippen LogP contribution in [0.15, 0.2) is 34.7 Å². The summed E-state index contributed by atoms with van der Waals surface area (Å²) in [6.07, 6.45) is 4.97. The fraction of sp³-hybridized carbons (Fsp3) is 0.500. The zero-order chi connectivity index (χ0) is 17.1. The zero-order valence-corrected chi connectivity index (χ0v) is 14.4. The summed E-state index contributed by atoms with van der Waals surface area (Å²) in [5.74, 6) is 2.00. The zero-order valence-electron chi connectivity index (χ0n) is 14.4. The Kier molecular flexibility index (Phi) is 4.71. The molecule has 4 rings (SSSR count). The topological polar surface area (TPSA) is 65.1 Å². The molecule has 2 aliphatic rings. The number of rotatable bonds is 6. The van der Waals surface area contributed by atoms with Gasteiger partial charge >= 0.3 is 0 Å². The minimum Gasteiger partial charge on any atom is -0.424 e. The van der Waals surface area contributed by atoms with Gasteiger partial charge in [0.1, 0.15) is 6.07 Å². The van der Waals surface area contributed by atoms with Gasteiger partial charge in [0.25, 0.3) is 0 Å². The predicted octanol–water partition coefficient (Wildman–Crippen LogP) is 3.72. The molecular formula is C20H24N4O. The van der Waals surface area contributed by atoms with Crippen LogP contribution in [0.5, 0.6) is 0 Å². The largest absolute Gasteiger partial charge is 0.424 e. The molecule has 1 aliphatic heterocycles. The van der Waals surface area contributed by atoms with E-state index in [2.05, 4.69) is 45.5 Å². The van der Waals surface area contributed by atoms with Crippen molar-refractivity contribution in [2.24, 2.45) is 0 Å². The number of nitrogens with one attached hydrogen (secondary N) is 1. The molecule has 25 heavy (non-hydrogen) atoms. The fourth-order valence-electron chi connectivity index (χ4n) is 3.74. The highest BCUT2D eigenvalue weighted by Crippen LogP contribution is 2.54. The van der Waals surface area contributed by atoms with Gasteiger partial charge in [-0.25, -0.2) is 4.98 Å². The molecular weight excluding hydrogens is 312 g/mol. The molecule has 1 aromatic heterocycles. The minimum absolute atomic E-state index is 0.298. The van der Waals surface area contributed by atoms with Crippen LogP contribution in [0.2, 0.25) is 0 Å². The molecule has 2 heterocycles. The first-order valence-electron chi connectivity index (χ1n) is 9.27. The average molecular weight is 336 g/mol. The van der Waals surface area contributed by atoms with Crippen molar-refractivity contribution in [3.05, 3.63) is 47.5 Å². The van der Waals surface area contributed by atoms with E-state index in [1.807, 2.05) is 6.07 Å². The summed E-state index contributed by atoms with van der Waals surface area (Å²) >= 11 is 0. The summed E-state index contributed by atoms with van der Waals surface area (Å²) in [6, 6.07) is 12.6. The van der Waals surface area contributed by atoms with Crippen molar-refractivity contribution in [3.8, 4) is 6.07 Å². The summed E-state index contributed by atoms with van der Waals surface area (Å²) in [4.78, 5) is 6.89. The van der Waals surface area contributed by atoms with Gasteiger partial charge < -0.3 is 14.6 Å². The Balaban J connectivity index is 1.36. The highest BCUT2D eigenvalue weighted by atomic mass is 16.4. The molecule has 1 aromatic carbocycles. The molecule has 0 amide bonds. The van der Waals surface area contributed by atoms with Crippen LogP contribution in [-0.2, 0) is 0 Å². The first-order valence-corrected chi connectivity index (χ1v) is 9.27. The number of hydrogen-bond acceptors (Lipinski definition) is 5. The summed E-state index contributed by atoms with van der Waals surface area (Å²) < 4.78 is 5.91. The van der Waals surface area contributed by atoms with Gasteiger partial charge in [-0.2, -0.15) is 5.26 Å². The first kappa shape index (κ1) is 16.2. The summed E-state index contributed by atoms with van der Waals surface area (Å²) in [6.45, 7) is 4.12. The van der Waals surface area contributed by atoms with Crippen molar-refractivity contribution in [2.75, 3.05) is 31.5 Å². The Morgan fingerprint density at radius 3 is 2.72 bits per heavy atom. The van der Waals surface area contributed by atoms with Gasteiger partial charge in [0.15, 0.2) is 0 Å². The van der Waals surface area contributed by atoms with E-state index in [1.165, 1.54) is 37.9 Å². The molecule has 0 unspecified atom stereocenters. The van der Waals surface area contributed by atoms with E-state index in [0.717, 1.165) is 19.5 Å². The Bertz CT molecular complexity index is 743. The van der Waals surface area contributed by atoms with E-state index in [-0.39, 0.29) is 0 Å². The summed E-state index contributed by atoms with van der Waals surface area (Å²) in [5.41, 5.74) is 1.70. The van der Waals surface area contributed by atoms with Crippen molar-refractivity contribution < 1.29 is 4.42 Å². The van der Waals surface area contributed by atoms with Crippen LogP contribution in [-0.4, -0.2) is 36.1 Å². The number of nitriles is 1. The van der Waals surface area contributed by atoms with Crippen LogP contribution in [0.3, 0.4) is 0 Å². The van der Waals surface area contributed by atoms with Crippen molar-refractivity contribution in [2.45, 2.75) is 37.5 Å². The smallest absolute Gasteiger partial charge is 0.232 e. The van der Waals surface area contributed by atoms with Crippen LogP contribution in [0.25, 0.3) is 0 Å². The number of nitrogens with zero attached hydrogens (tertiary/aromatic N) is 3. The van der Waals surface area contributed by atoms with Gasteiger partial charge in [-0.15, -0.1) is 0 Å². The molecule has 2 aromatic rings. The lowest BCUT2D eigenvalue weighted by Gasteiger charge is -2.26. The third-order valence-electron chi connectivity index (χ3n) is 5.25. The van der Waals surface area contributed by atoms with Gasteiger partial charge in [-0.3, -0.25) is 0 Å². The van der Waals surface area contributed by atoms with Gasteiger partial charge in [-0.1, -0.05) is 36.8 Å². The third kappa shape index (κ3) is 3.69. The van der Waals surface area contributed by atoms with Crippen LogP contribution >= 0.6 is 0 Å². The molecule has 5 heteroatoms. The molecule has 130 valence electrons. The molecule has 0 radical (unpaired) electrons. The fourth-order valence-corrected chi connectivity index (χ4v) is 3.74. The number of anilines is 1. The van der Waals surface area contributed by atoms with E-state index in [1.54, 1.807) is 0 Å². The SMILES string of the molecule is N#Cc1nc([C@@H]2C[C@H]2c2ccccc2)oc1NCCN1CCCCC1. The van der Waals surface area contributed by atoms with Crippen LogP contribution in [0.1, 0.15) is 54.7 Å². The number of oxazole rings is 1. The Hall–Kier alpha value is -2.32. The maximum Gasteiger partial charge on any atom is 0.232 e. The van der Waals surface area contributed by atoms with Gasteiger partial charge in [0, 0.05) is 19.0 Å². The Morgan fingerprint density at radius 2 is 1.96 bits per heavy atom. The van der Waals surface area contributed by atoms with Crippen LogP contribution in [0, 0.1) is 11.3 Å². The van der Waals surface area contributed by atoms with Gasteiger partial charge in [0.2, 0.25) is 17.5 Å². The van der Waals surface area contributed by atoms with Crippen molar-refractivity contribution in [1.82, 2.24) is 9.88 Å². The Labute approximate surface area is 148 Å². The maximum absolute atomic E-state index is 9.34. The second-order valence-electron chi connectivity index (χ2n) is 7.03. The number of likely N-dealkylation sites (tertiary alicyclic amines) is 1. The number of piperidine rings is 1. The molecule has 5 nitrogen and oxygen atoms in total. The highest BCUT2D eigenvalue weighted by molar-refractivity contribution is 5.46. The average Bonchev–Trinajstić information content (AvgIpc) is 3.37. The van der Waals surface area contributed by atoms with Gasteiger partial charge in [0.05, 0.1) is 0 Å². The normalized spacial score (nSPS) is 23.2. The summed E-state index contributed by atoms with van der Waals surface area (Å²) in [5, 5.41) is 12.6. The lowest BCUT2D eigenvalue weighted by atomic mass is 10.1. The molecule has 1 N–H and O–H groups in total. The quantitative estimate of drug-likeness (QED) is 0.871. The second-order valence-corrected chi connectivity index (χ2v) is 7.03. The first-order chi connectivity index (χ1) is 12.3. The lowest BCUT2D eigenvalue weighted by Crippen LogP contribution is -2.33. The monoisotopic (exact) mass is 336 g/mol. The van der Waals surface area contributed by atoms with Crippen LogP contribution in [0.4, 0.5) is 5.88 Å². The van der Waals surface area contributed by atoms with E-state index < -0.39 is 0 Å². The molecule has 1 aliphatic carbocycles. The molecule has 0 spiro atoms. The van der Waals surface area contributed by atoms with E-state index >= 15 is 0 Å². The van der Waals surface area contributed by atoms with E-state index in [9.17, 15) is 5.26 Å². The minimum atomic E-state index is 0.298. The van der Waals surface area contributed by atoms with Crippen molar-refractivity contribution in [3.63, 3.8) is 0 Å². The number of aromatic nitrogens is 1. The number of hydrogen-bond donors (Lipinski definition) is 1. The molecule has 0 bridgehead atoms. The second kappa shape index (κ2) is 7.28. The standard InChI is InChI=1S/C20H24N4O/c21-14-18-20(22-9-12-24-10-5-2-6-11-24)25-19(23-18)17-13-16(17)15-7-3-1-4-8-15/h1,3-4,7-8,16-17,22H,2,5-6,9-13H2/t16-,17+/m0/s1.